The highest BCUT2D eigenvalue weighted by molar-refractivity contribution is 5.80. The third-order valence-corrected chi connectivity index (χ3v) is 3.94. The van der Waals surface area contributed by atoms with Crippen molar-refractivity contribution in [1.82, 2.24) is 14.5 Å². The van der Waals surface area contributed by atoms with Crippen LogP contribution in [0, 0.1) is 17.0 Å². The van der Waals surface area contributed by atoms with Gasteiger partial charge < -0.3 is 9.32 Å². The molecule has 0 unspecified atom stereocenters. The lowest BCUT2D eigenvalue weighted by atomic mass is 10.2. The Balaban J connectivity index is 1.80. The lowest BCUT2D eigenvalue weighted by molar-refractivity contribution is -0.384. The summed E-state index contributed by atoms with van der Waals surface area (Å²) in [4.78, 5) is 40.6. The average molecular weight is 356 g/mol. The molecular formula is C17H16N4O5. The smallest absolute Gasteiger partial charge is 0.271 e. The summed E-state index contributed by atoms with van der Waals surface area (Å²) in [6.07, 6.45) is 1.22. The number of non-ortho nitro benzene ring substituents is 1. The van der Waals surface area contributed by atoms with Crippen molar-refractivity contribution in [2.75, 3.05) is 7.05 Å². The van der Waals surface area contributed by atoms with Gasteiger partial charge in [-0.15, -0.1) is 0 Å². The van der Waals surface area contributed by atoms with E-state index < -0.39 is 10.5 Å². The molecule has 0 aliphatic rings. The molecule has 1 amide bonds. The van der Waals surface area contributed by atoms with Crippen molar-refractivity contribution in [2.24, 2.45) is 0 Å². The van der Waals surface area contributed by atoms with Gasteiger partial charge in [-0.2, -0.15) is 0 Å². The average Bonchev–Trinajstić information content (AvgIpc) is 3.01. The van der Waals surface area contributed by atoms with Crippen LogP contribution in [0.5, 0.6) is 0 Å². The zero-order valence-corrected chi connectivity index (χ0v) is 14.2. The van der Waals surface area contributed by atoms with Crippen LogP contribution in [-0.4, -0.2) is 32.3 Å². The van der Waals surface area contributed by atoms with Crippen molar-refractivity contribution in [1.29, 1.82) is 0 Å². The van der Waals surface area contributed by atoms with Crippen LogP contribution >= 0.6 is 0 Å². The van der Waals surface area contributed by atoms with Crippen molar-refractivity contribution >= 4 is 22.5 Å². The Labute approximate surface area is 147 Å². The summed E-state index contributed by atoms with van der Waals surface area (Å²) in [6, 6.07) is 7.41. The van der Waals surface area contributed by atoms with E-state index in [1.165, 1.54) is 34.0 Å². The largest absolute Gasteiger partial charge is 0.464 e. The predicted octanol–water partition coefficient (Wildman–Crippen LogP) is 1.86. The number of furan rings is 1. The minimum atomic E-state index is -0.554. The Hall–Kier alpha value is -3.49. The van der Waals surface area contributed by atoms with Crippen LogP contribution in [0.2, 0.25) is 0 Å². The summed E-state index contributed by atoms with van der Waals surface area (Å²) in [5, 5.41) is 11.0. The number of nitrogens with zero attached hydrogens (tertiary/aromatic N) is 4. The van der Waals surface area contributed by atoms with Crippen molar-refractivity contribution in [3.63, 3.8) is 0 Å². The molecule has 9 heteroatoms. The molecule has 0 aliphatic carbocycles. The molecule has 0 bridgehead atoms. The van der Waals surface area contributed by atoms with E-state index >= 15 is 0 Å². The number of hydrogen-bond donors (Lipinski definition) is 0. The number of fused-ring (bicyclic) bond motifs is 1. The zero-order valence-electron chi connectivity index (χ0n) is 14.2. The second kappa shape index (κ2) is 6.79. The lowest BCUT2D eigenvalue weighted by Crippen LogP contribution is -2.33. The number of benzene rings is 1. The molecule has 26 heavy (non-hydrogen) atoms. The monoisotopic (exact) mass is 356 g/mol. The maximum Gasteiger partial charge on any atom is 0.271 e. The molecule has 2 heterocycles. The first-order valence-corrected chi connectivity index (χ1v) is 7.78. The highest BCUT2D eigenvalue weighted by Gasteiger charge is 2.15. The van der Waals surface area contributed by atoms with Crippen LogP contribution in [0.1, 0.15) is 11.5 Å². The molecule has 134 valence electrons. The highest BCUT2D eigenvalue weighted by Crippen LogP contribution is 2.16. The molecule has 0 fully saturated rings. The van der Waals surface area contributed by atoms with Crippen LogP contribution in [-0.2, 0) is 17.9 Å². The highest BCUT2D eigenvalue weighted by atomic mass is 16.6. The van der Waals surface area contributed by atoms with E-state index in [0.29, 0.717) is 5.76 Å². The first-order chi connectivity index (χ1) is 12.3. The van der Waals surface area contributed by atoms with Gasteiger partial charge in [0.15, 0.2) is 0 Å². The molecule has 0 atom stereocenters. The molecule has 0 saturated carbocycles. The van der Waals surface area contributed by atoms with Crippen molar-refractivity contribution < 1.29 is 14.1 Å². The van der Waals surface area contributed by atoms with Crippen LogP contribution in [0.3, 0.4) is 0 Å². The Kier molecular flexibility index (Phi) is 4.53. The molecule has 0 aliphatic heterocycles. The summed E-state index contributed by atoms with van der Waals surface area (Å²) in [5.74, 6) is 1.11. The second-order valence-electron chi connectivity index (χ2n) is 5.90. The first kappa shape index (κ1) is 17.3. The maximum absolute atomic E-state index is 12.5. The Morgan fingerprint density at radius 3 is 2.77 bits per heavy atom. The van der Waals surface area contributed by atoms with Gasteiger partial charge in [0.25, 0.3) is 11.2 Å². The van der Waals surface area contributed by atoms with Crippen molar-refractivity contribution in [3.8, 4) is 0 Å². The minimum absolute atomic E-state index is 0.147. The van der Waals surface area contributed by atoms with E-state index in [1.54, 1.807) is 13.1 Å². The van der Waals surface area contributed by atoms with Gasteiger partial charge in [0.2, 0.25) is 5.91 Å². The van der Waals surface area contributed by atoms with E-state index in [0.717, 1.165) is 5.76 Å². The third-order valence-electron chi connectivity index (χ3n) is 3.94. The number of carbonyl (C=O) groups excluding carboxylic acids is 1. The fourth-order valence-corrected chi connectivity index (χ4v) is 2.53. The predicted molar refractivity (Wildman–Crippen MR) is 92.6 cm³/mol. The molecule has 2 aromatic heterocycles. The lowest BCUT2D eigenvalue weighted by Gasteiger charge is -2.16. The van der Waals surface area contributed by atoms with Gasteiger partial charge in [0.1, 0.15) is 18.1 Å². The summed E-state index contributed by atoms with van der Waals surface area (Å²) < 4.78 is 6.62. The number of aromatic nitrogens is 2. The molecular weight excluding hydrogens is 340 g/mol. The molecule has 9 nitrogen and oxygen atoms in total. The Morgan fingerprint density at radius 1 is 1.35 bits per heavy atom. The van der Waals surface area contributed by atoms with E-state index in [4.69, 9.17) is 4.42 Å². The summed E-state index contributed by atoms with van der Waals surface area (Å²) in [6.45, 7) is 1.92. The molecule has 1 aromatic carbocycles. The molecule has 0 radical (unpaired) electrons. The van der Waals surface area contributed by atoms with E-state index in [1.807, 2.05) is 13.0 Å². The maximum atomic E-state index is 12.5. The van der Waals surface area contributed by atoms with E-state index in [9.17, 15) is 19.7 Å². The third kappa shape index (κ3) is 3.46. The van der Waals surface area contributed by atoms with E-state index in [2.05, 4.69) is 4.98 Å². The zero-order chi connectivity index (χ0) is 18.8. The number of nitro groups is 1. The first-order valence-electron chi connectivity index (χ1n) is 7.78. The fraction of sp³-hybridized carbons (Fsp3) is 0.235. The summed E-state index contributed by atoms with van der Waals surface area (Å²) in [7, 11) is 1.61. The van der Waals surface area contributed by atoms with Gasteiger partial charge in [-0.25, -0.2) is 4.98 Å². The normalized spacial score (nSPS) is 10.8. The van der Waals surface area contributed by atoms with Crippen LogP contribution in [0.15, 0.2) is 45.9 Å². The topological polar surface area (TPSA) is 111 Å². The Bertz CT molecular complexity index is 1050. The van der Waals surface area contributed by atoms with Crippen LogP contribution in [0.25, 0.3) is 10.9 Å². The minimum Gasteiger partial charge on any atom is -0.464 e. The number of likely N-dealkylation sites (N-methyl/N-ethyl adjacent to an activating group) is 1. The quantitative estimate of drug-likeness (QED) is 0.509. The Morgan fingerprint density at radius 2 is 2.12 bits per heavy atom. The number of rotatable bonds is 5. The van der Waals surface area contributed by atoms with Gasteiger partial charge >= 0.3 is 0 Å². The van der Waals surface area contributed by atoms with Crippen LogP contribution < -0.4 is 5.56 Å². The molecule has 0 saturated heterocycles. The molecule has 0 spiro atoms. The summed E-state index contributed by atoms with van der Waals surface area (Å²) in [5.41, 5.74) is -0.362. The SMILES string of the molecule is Cc1ccc(CN(C)C(=O)Cn2cnc3cc([N+](=O)[O-])ccc3c2=O)o1. The van der Waals surface area contributed by atoms with Gasteiger partial charge in [0, 0.05) is 19.2 Å². The van der Waals surface area contributed by atoms with E-state index in [-0.39, 0.29) is 35.6 Å². The molecule has 3 rings (SSSR count). The van der Waals surface area contributed by atoms with Gasteiger partial charge in [-0.1, -0.05) is 0 Å². The van der Waals surface area contributed by atoms with Gasteiger partial charge in [-0.3, -0.25) is 24.3 Å². The number of aryl methyl sites for hydroxylation is 1. The van der Waals surface area contributed by atoms with Crippen molar-refractivity contribution in [3.05, 3.63) is 68.6 Å². The summed E-state index contributed by atoms with van der Waals surface area (Å²) >= 11 is 0. The van der Waals surface area contributed by atoms with Gasteiger partial charge in [-0.05, 0) is 25.1 Å². The van der Waals surface area contributed by atoms with Gasteiger partial charge in [0.05, 0.1) is 28.7 Å². The molecule has 3 aromatic rings. The molecule has 0 N–H and O–H groups in total. The van der Waals surface area contributed by atoms with Crippen LogP contribution in [0.4, 0.5) is 5.69 Å². The number of amides is 1. The number of nitro benzene ring substituents is 1. The van der Waals surface area contributed by atoms with Crippen molar-refractivity contribution in [2.45, 2.75) is 20.0 Å². The number of hydrogen-bond acceptors (Lipinski definition) is 6. The second-order valence-corrected chi connectivity index (χ2v) is 5.90. The fourth-order valence-electron chi connectivity index (χ4n) is 2.53. The number of carbonyl (C=O) groups is 1. The standard InChI is InChI=1S/C17H16N4O5/c1-11-3-5-13(26-11)8-19(2)16(22)9-20-10-18-15-7-12(21(24)25)4-6-14(15)17(20)23/h3-7,10H,8-9H2,1-2H3.